The quantitative estimate of drug-likeness (QED) is 0.710. The number of nitrogens with zero attached hydrogens (tertiary/aromatic N) is 2. The molecule has 1 aliphatic heterocycles. The lowest BCUT2D eigenvalue weighted by Crippen LogP contribution is -2.50. The van der Waals surface area contributed by atoms with Gasteiger partial charge in [-0.3, -0.25) is 9.69 Å². The standard InChI is InChI=1S/C21H27N3O3S2/c1-16-8-9-17(2)20(14-16)29(26,27)24-12-10-23(11-13-24)15-21(25)22-18-6-4-5-7-19(18)28-3/h4-9,14H,10-13,15H2,1-3H3,(H,22,25). The Morgan fingerprint density at radius 2 is 1.76 bits per heavy atom. The number of carbonyl (C=O) groups excluding carboxylic acids is 1. The average Bonchev–Trinajstić information content (AvgIpc) is 2.70. The highest BCUT2D eigenvalue weighted by atomic mass is 32.2. The van der Waals surface area contributed by atoms with Crippen LogP contribution in [0.3, 0.4) is 0 Å². The molecule has 156 valence electrons. The molecule has 3 rings (SSSR count). The summed E-state index contributed by atoms with van der Waals surface area (Å²) in [7, 11) is -3.52. The Balaban J connectivity index is 1.59. The van der Waals surface area contributed by atoms with Gasteiger partial charge in [0.25, 0.3) is 0 Å². The van der Waals surface area contributed by atoms with E-state index in [1.807, 2.05) is 61.4 Å². The van der Waals surface area contributed by atoms with Crippen LogP contribution in [0, 0.1) is 13.8 Å². The molecule has 1 N–H and O–H groups in total. The molecule has 1 heterocycles. The van der Waals surface area contributed by atoms with E-state index in [0.717, 1.165) is 21.7 Å². The van der Waals surface area contributed by atoms with Gasteiger partial charge < -0.3 is 5.32 Å². The summed E-state index contributed by atoms with van der Waals surface area (Å²) in [5.74, 6) is -0.0858. The number of amides is 1. The molecule has 1 saturated heterocycles. The lowest BCUT2D eigenvalue weighted by Gasteiger charge is -2.33. The molecule has 6 nitrogen and oxygen atoms in total. The van der Waals surface area contributed by atoms with Crippen LogP contribution in [0.2, 0.25) is 0 Å². The average molecular weight is 434 g/mol. The number of thioether (sulfide) groups is 1. The monoisotopic (exact) mass is 433 g/mol. The molecule has 0 bridgehead atoms. The first-order chi connectivity index (χ1) is 13.8. The van der Waals surface area contributed by atoms with Crippen LogP contribution in [-0.2, 0) is 14.8 Å². The van der Waals surface area contributed by atoms with E-state index >= 15 is 0 Å². The topological polar surface area (TPSA) is 69.7 Å². The van der Waals surface area contributed by atoms with Crippen molar-refractivity contribution in [3.05, 3.63) is 53.6 Å². The molecule has 0 unspecified atom stereocenters. The van der Waals surface area contributed by atoms with Crippen LogP contribution in [0.25, 0.3) is 0 Å². The Morgan fingerprint density at radius 3 is 2.45 bits per heavy atom. The fourth-order valence-corrected chi connectivity index (χ4v) is 5.68. The van der Waals surface area contributed by atoms with Gasteiger partial charge in [-0.05, 0) is 49.4 Å². The van der Waals surface area contributed by atoms with Gasteiger partial charge in [0.15, 0.2) is 0 Å². The van der Waals surface area contributed by atoms with E-state index in [-0.39, 0.29) is 12.5 Å². The highest BCUT2D eigenvalue weighted by Crippen LogP contribution is 2.25. The Bertz CT molecular complexity index is 984. The maximum absolute atomic E-state index is 13.0. The SMILES string of the molecule is CSc1ccccc1NC(=O)CN1CCN(S(=O)(=O)c2cc(C)ccc2C)CC1. The minimum Gasteiger partial charge on any atom is -0.324 e. The zero-order valence-electron chi connectivity index (χ0n) is 17.0. The highest BCUT2D eigenvalue weighted by molar-refractivity contribution is 7.98. The largest absolute Gasteiger partial charge is 0.324 e. The van der Waals surface area contributed by atoms with Crippen molar-refractivity contribution in [2.24, 2.45) is 0 Å². The summed E-state index contributed by atoms with van der Waals surface area (Å²) in [4.78, 5) is 15.8. The van der Waals surface area contributed by atoms with Crippen LogP contribution in [0.4, 0.5) is 5.69 Å². The number of piperazine rings is 1. The Hall–Kier alpha value is -1.87. The van der Waals surface area contributed by atoms with Crippen molar-refractivity contribution in [1.82, 2.24) is 9.21 Å². The van der Waals surface area contributed by atoms with Crippen molar-refractivity contribution in [1.29, 1.82) is 0 Å². The predicted octanol–water partition coefficient (Wildman–Crippen LogP) is 2.97. The number of hydrogen-bond acceptors (Lipinski definition) is 5. The smallest absolute Gasteiger partial charge is 0.243 e. The first-order valence-electron chi connectivity index (χ1n) is 9.54. The molecule has 0 atom stereocenters. The van der Waals surface area contributed by atoms with Crippen molar-refractivity contribution < 1.29 is 13.2 Å². The number of nitrogens with one attached hydrogen (secondary N) is 1. The molecule has 0 saturated carbocycles. The molecule has 2 aromatic carbocycles. The molecule has 1 aliphatic rings. The van der Waals surface area contributed by atoms with Crippen LogP contribution in [0.15, 0.2) is 52.3 Å². The van der Waals surface area contributed by atoms with Crippen LogP contribution in [0.1, 0.15) is 11.1 Å². The van der Waals surface area contributed by atoms with Gasteiger partial charge in [-0.1, -0.05) is 24.3 Å². The van der Waals surface area contributed by atoms with E-state index in [2.05, 4.69) is 5.32 Å². The number of hydrogen-bond donors (Lipinski definition) is 1. The van der Waals surface area contributed by atoms with Crippen molar-refractivity contribution >= 4 is 33.4 Å². The van der Waals surface area contributed by atoms with Gasteiger partial charge in [-0.2, -0.15) is 4.31 Å². The van der Waals surface area contributed by atoms with Gasteiger partial charge in [-0.15, -0.1) is 11.8 Å². The Morgan fingerprint density at radius 1 is 1.07 bits per heavy atom. The maximum atomic E-state index is 13.0. The molecular weight excluding hydrogens is 406 g/mol. The fourth-order valence-electron chi connectivity index (χ4n) is 3.39. The van der Waals surface area contributed by atoms with Crippen molar-refractivity contribution in [3.63, 3.8) is 0 Å². The zero-order valence-corrected chi connectivity index (χ0v) is 18.6. The summed E-state index contributed by atoms with van der Waals surface area (Å²) in [6, 6.07) is 13.2. The third-order valence-electron chi connectivity index (χ3n) is 5.04. The first-order valence-corrected chi connectivity index (χ1v) is 12.2. The lowest BCUT2D eigenvalue weighted by atomic mass is 10.2. The van der Waals surface area contributed by atoms with Crippen LogP contribution >= 0.6 is 11.8 Å². The van der Waals surface area contributed by atoms with Crippen molar-refractivity contribution in [2.45, 2.75) is 23.6 Å². The Kier molecular flexibility index (Phi) is 7.00. The molecule has 2 aromatic rings. The van der Waals surface area contributed by atoms with Gasteiger partial charge in [0.1, 0.15) is 0 Å². The summed E-state index contributed by atoms with van der Waals surface area (Å²) in [5.41, 5.74) is 2.49. The normalized spacial score (nSPS) is 16.0. The summed E-state index contributed by atoms with van der Waals surface area (Å²) in [5, 5.41) is 2.96. The molecule has 0 aliphatic carbocycles. The van der Waals surface area contributed by atoms with E-state index < -0.39 is 10.0 Å². The van der Waals surface area contributed by atoms with E-state index in [9.17, 15) is 13.2 Å². The minimum atomic E-state index is -3.52. The molecule has 0 radical (unpaired) electrons. The summed E-state index contributed by atoms with van der Waals surface area (Å²) >= 11 is 1.58. The fraction of sp³-hybridized carbons (Fsp3) is 0.381. The number of rotatable bonds is 6. The van der Waals surface area contributed by atoms with Gasteiger partial charge in [0.2, 0.25) is 15.9 Å². The van der Waals surface area contributed by atoms with Crippen LogP contribution in [-0.4, -0.2) is 62.5 Å². The van der Waals surface area contributed by atoms with E-state index in [1.165, 1.54) is 4.31 Å². The predicted molar refractivity (Wildman–Crippen MR) is 118 cm³/mol. The first kappa shape index (κ1) is 21.8. The molecule has 29 heavy (non-hydrogen) atoms. The third-order valence-corrected chi connectivity index (χ3v) is 7.88. The molecule has 1 fully saturated rings. The minimum absolute atomic E-state index is 0.0858. The van der Waals surface area contributed by atoms with E-state index in [1.54, 1.807) is 17.8 Å². The maximum Gasteiger partial charge on any atom is 0.243 e. The van der Waals surface area contributed by atoms with Gasteiger partial charge in [-0.25, -0.2) is 8.42 Å². The van der Waals surface area contributed by atoms with Crippen LogP contribution in [0.5, 0.6) is 0 Å². The third kappa shape index (κ3) is 5.19. The number of sulfonamides is 1. The second-order valence-electron chi connectivity index (χ2n) is 7.20. The van der Waals surface area contributed by atoms with Gasteiger partial charge in [0.05, 0.1) is 17.1 Å². The molecule has 8 heteroatoms. The number of benzene rings is 2. The number of aryl methyl sites for hydroxylation is 2. The van der Waals surface area contributed by atoms with Gasteiger partial charge in [0, 0.05) is 31.1 Å². The zero-order chi connectivity index (χ0) is 21.0. The van der Waals surface area contributed by atoms with Crippen molar-refractivity contribution in [3.8, 4) is 0 Å². The van der Waals surface area contributed by atoms with E-state index in [0.29, 0.717) is 31.1 Å². The number of anilines is 1. The molecule has 1 amide bonds. The summed E-state index contributed by atoms with van der Waals surface area (Å²) in [6.07, 6.45) is 1.97. The second kappa shape index (κ2) is 9.30. The van der Waals surface area contributed by atoms with Crippen LogP contribution < -0.4 is 5.32 Å². The second-order valence-corrected chi connectivity index (χ2v) is 9.95. The molecule has 0 aromatic heterocycles. The number of para-hydroxylation sites is 1. The highest BCUT2D eigenvalue weighted by Gasteiger charge is 2.30. The van der Waals surface area contributed by atoms with Gasteiger partial charge >= 0.3 is 0 Å². The Labute approximate surface area is 177 Å². The molecular formula is C21H27N3O3S2. The van der Waals surface area contributed by atoms with E-state index in [4.69, 9.17) is 0 Å². The van der Waals surface area contributed by atoms with Crippen molar-refractivity contribution in [2.75, 3.05) is 44.3 Å². The molecule has 0 spiro atoms. The number of carbonyl (C=O) groups is 1. The summed E-state index contributed by atoms with van der Waals surface area (Å²) in [6.45, 7) is 5.78. The summed E-state index contributed by atoms with van der Waals surface area (Å²) < 4.78 is 27.6. The lowest BCUT2D eigenvalue weighted by molar-refractivity contribution is -0.117.